The van der Waals surface area contributed by atoms with Gasteiger partial charge in [-0.15, -0.1) is 11.3 Å². The van der Waals surface area contributed by atoms with Crippen LogP contribution in [0.5, 0.6) is 0 Å². The van der Waals surface area contributed by atoms with Crippen molar-refractivity contribution in [2.75, 3.05) is 19.3 Å². The minimum absolute atomic E-state index is 0.208. The predicted molar refractivity (Wildman–Crippen MR) is 73.1 cm³/mol. The lowest BCUT2D eigenvalue weighted by Crippen LogP contribution is -2.38. The van der Waals surface area contributed by atoms with Crippen molar-refractivity contribution in [1.29, 1.82) is 0 Å². The molecule has 2 atom stereocenters. The van der Waals surface area contributed by atoms with E-state index in [-0.39, 0.29) is 6.04 Å². The fourth-order valence-electron chi connectivity index (χ4n) is 3.25. The lowest BCUT2D eigenvalue weighted by atomic mass is 10.1. The molecular weight excluding hydrogens is 268 g/mol. The first-order valence-corrected chi connectivity index (χ1v) is 9.02. The Labute approximate surface area is 112 Å². The second-order valence-corrected chi connectivity index (χ2v) is 8.10. The van der Waals surface area contributed by atoms with Gasteiger partial charge in [0, 0.05) is 36.6 Å². The highest BCUT2D eigenvalue weighted by Crippen LogP contribution is 2.34. The molecule has 2 saturated heterocycles. The SMILES string of the molecule is CS(=O)(=O)N1CC[C@@H]2[C@@H]1CCN2Cc1cccs1. The Hall–Kier alpha value is -0.430. The van der Waals surface area contributed by atoms with Crippen molar-refractivity contribution in [3.8, 4) is 0 Å². The molecule has 0 radical (unpaired) electrons. The summed E-state index contributed by atoms with van der Waals surface area (Å²) in [5.41, 5.74) is 0. The van der Waals surface area contributed by atoms with Crippen LogP contribution in [0.15, 0.2) is 17.5 Å². The summed E-state index contributed by atoms with van der Waals surface area (Å²) in [6.07, 6.45) is 3.28. The molecule has 18 heavy (non-hydrogen) atoms. The first-order valence-electron chi connectivity index (χ1n) is 6.29. The summed E-state index contributed by atoms with van der Waals surface area (Å²) < 4.78 is 25.1. The molecule has 6 heteroatoms. The molecule has 0 amide bonds. The molecule has 3 rings (SSSR count). The van der Waals surface area contributed by atoms with Gasteiger partial charge in [-0.3, -0.25) is 4.90 Å². The molecule has 2 aliphatic heterocycles. The zero-order valence-electron chi connectivity index (χ0n) is 10.4. The molecule has 0 N–H and O–H groups in total. The second kappa shape index (κ2) is 4.59. The number of rotatable bonds is 3. The largest absolute Gasteiger partial charge is 0.294 e. The van der Waals surface area contributed by atoms with Crippen molar-refractivity contribution in [3.05, 3.63) is 22.4 Å². The van der Waals surface area contributed by atoms with Crippen molar-refractivity contribution < 1.29 is 8.42 Å². The van der Waals surface area contributed by atoms with Gasteiger partial charge in [-0.05, 0) is 24.3 Å². The standard InChI is InChI=1S/C12H18N2O2S2/c1-18(15,16)14-7-5-11-12(14)4-6-13(11)9-10-3-2-8-17-10/h2-3,8,11-12H,4-7,9H2,1H3/t11-,12+/m1/s1. The topological polar surface area (TPSA) is 40.6 Å². The van der Waals surface area contributed by atoms with Crippen LogP contribution in [0.4, 0.5) is 0 Å². The van der Waals surface area contributed by atoms with Crippen molar-refractivity contribution >= 4 is 21.4 Å². The smallest absolute Gasteiger partial charge is 0.211 e. The monoisotopic (exact) mass is 286 g/mol. The summed E-state index contributed by atoms with van der Waals surface area (Å²) in [6, 6.07) is 4.86. The average molecular weight is 286 g/mol. The Morgan fingerprint density at radius 2 is 2.11 bits per heavy atom. The number of sulfonamides is 1. The second-order valence-electron chi connectivity index (χ2n) is 5.14. The highest BCUT2D eigenvalue weighted by molar-refractivity contribution is 7.88. The predicted octanol–water partition coefficient (Wildman–Crippen LogP) is 1.36. The highest BCUT2D eigenvalue weighted by Gasteiger charge is 2.45. The van der Waals surface area contributed by atoms with Crippen LogP contribution in [-0.2, 0) is 16.6 Å². The van der Waals surface area contributed by atoms with Crippen LogP contribution in [0, 0.1) is 0 Å². The molecule has 2 aliphatic rings. The summed E-state index contributed by atoms with van der Waals surface area (Å²) in [6.45, 7) is 2.67. The van der Waals surface area contributed by atoms with Gasteiger partial charge < -0.3 is 0 Å². The summed E-state index contributed by atoms with van der Waals surface area (Å²) in [5, 5.41) is 2.10. The fraction of sp³-hybridized carbons (Fsp3) is 0.667. The van der Waals surface area contributed by atoms with Crippen molar-refractivity contribution in [2.45, 2.75) is 31.5 Å². The molecule has 3 heterocycles. The number of nitrogens with zero attached hydrogens (tertiary/aromatic N) is 2. The van der Waals surface area contributed by atoms with Crippen molar-refractivity contribution in [2.24, 2.45) is 0 Å². The van der Waals surface area contributed by atoms with Gasteiger partial charge in [0.2, 0.25) is 10.0 Å². The number of thiophene rings is 1. The fourth-order valence-corrected chi connectivity index (χ4v) is 5.15. The molecule has 4 nitrogen and oxygen atoms in total. The molecule has 0 bridgehead atoms. The van der Waals surface area contributed by atoms with E-state index in [0.29, 0.717) is 12.6 Å². The highest BCUT2D eigenvalue weighted by atomic mass is 32.2. The zero-order chi connectivity index (χ0) is 12.8. The quantitative estimate of drug-likeness (QED) is 0.842. The van der Waals surface area contributed by atoms with E-state index in [0.717, 1.165) is 25.9 Å². The van der Waals surface area contributed by atoms with E-state index >= 15 is 0 Å². The van der Waals surface area contributed by atoms with E-state index in [2.05, 4.69) is 22.4 Å². The van der Waals surface area contributed by atoms with Gasteiger partial charge in [-0.1, -0.05) is 6.07 Å². The van der Waals surface area contributed by atoms with E-state index in [1.165, 1.54) is 11.1 Å². The lowest BCUT2D eigenvalue weighted by molar-refractivity contribution is 0.242. The minimum atomic E-state index is -3.03. The first-order chi connectivity index (χ1) is 8.55. The molecule has 0 saturated carbocycles. The van der Waals surface area contributed by atoms with Crippen LogP contribution in [0.1, 0.15) is 17.7 Å². The molecule has 0 spiro atoms. The van der Waals surface area contributed by atoms with E-state index < -0.39 is 10.0 Å². The molecule has 1 aromatic rings. The van der Waals surface area contributed by atoms with Gasteiger partial charge in [0.1, 0.15) is 0 Å². The van der Waals surface area contributed by atoms with Crippen LogP contribution in [-0.4, -0.2) is 49.1 Å². The molecule has 0 aromatic carbocycles. The third kappa shape index (κ3) is 2.22. The Kier molecular flexibility index (Phi) is 3.21. The minimum Gasteiger partial charge on any atom is -0.294 e. The third-order valence-electron chi connectivity index (χ3n) is 4.01. The van der Waals surface area contributed by atoms with Gasteiger partial charge in [0.15, 0.2) is 0 Å². The number of fused-ring (bicyclic) bond motifs is 1. The van der Waals surface area contributed by atoms with E-state index in [9.17, 15) is 8.42 Å². The average Bonchev–Trinajstić information content (AvgIpc) is 2.95. The van der Waals surface area contributed by atoms with Gasteiger partial charge in [-0.25, -0.2) is 8.42 Å². The Bertz CT molecular complexity index is 512. The number of hydrogen-bond donors (Lipinski definition) is 0. The van der Waals surface area contributed by atoms with E-state index in [4.69, 9.17) is 0 Å². The van der Waals surface area contributed by atoms with E-state index in [1.807, 2.05) is 0 Å². The van der Waals surface area contributed by atoms with E-state index in [1.54, 1.807) is 15.6 Å². The number of hydrogen-bond acceptors (Lipinski definition) is 4. The summed E-state index contributed by atoms with van der Waals surface area (Å²) in [4.78, 5) is 3.82. The Balaban J connectivity index is 1.72. The molecule has 100 valence electrons. The maximum atomic E-state index is 11.7. The Morgan fingerprint density at radius 1 is 1.33 bits per heavy atom. The van der Waals surface area contributed by atoms with Crippen LogP contribution in [0.25, 0.3) is 0 Å². The van der Waals surface area contributed by atoms with Crippen LogP contribution in [0.2, 0.25) is 0 Å². The van der Waals surface area contributed by atoms with Crippen LogP contribution >= 0.6 is 11.3 Å². The molecule has 2 fully saturated rings. The third-order valence-corrected chi connectivity index (χ3v) is 6.17. The maximum absolute atomic E-state index is 11.7. The summed E-state index contributed by atoms with van der Waals surface area (Å²) >= 11 is 1.78. The lowest BCUT2D eigenvalue weighted by Gasteiger charge is -2.24. The van der Waals surface area contributed by atoms with Gasteiger partial charge in [-0.2, -0.15) is 4.31 Å². The van der Waals surface area contributed by atoms with Gasteiger partial charge in [0.05, 0.1) is 6.26 Å². The Morgan fingerprint density at radius 3 is 2.78 bits per heavy atom. The van der Waals surface area contributed by atoms with Crippen molar-refractivity contribution in [3.63, 3.8) is 0 Å². The number of likely N-dealkylation sites (tertiary alicyclic amines) is 1. The van der Waals surface area contributed by atoms with Crippen molar-refractivity contribution in [1.82, 2.24) is 9.21 Å². The van der Waals surface area contributed by atoms with Gasteiger partial charge in [0.25, 0.3) is 0 Å². The maximum Gasteiger partial charge on any atom is 0.211 e. The van der Waals surface area contributed by atoms with Gasteiger partial charge >= 0.3 is 0 Å². The van der Waals surface area contributed by atoms with Crippen LogP contribution in [0.3, 0.4) is 0 Å². The summed E-state index contributed by atoms with van der Waals surface area (Å²) in [5.74, 6) is 0. The normalized spacial score (nSPS) is 29.8. The van der Waals surface area contributed by atoms with Crippen LogP contribution < -0.4 is 0 Å². The zero-order valence-corrected chi connectivity index (χ0v) is 12.1. The molecular formula is C12H18N2O2S2. The molecule has 0 aliphatic carbocycles. The molecule has 1 aromatic heterocycles. The summed E-state index contributed by atoms with van der Waals surface area (Å²) in [7, 11) is -3.03. The first kappa shape index (κ1) is 12.6. The molecule has 0 unspecified atom stereocenters.